The lowest BCUT2D eigenvalue weighted by molar-refractivity contribution is -0.206. The fourth-order valence-electron chi connectivity index (χ4n) is 1.33. The highest BCUT2D eigenvalue weighted by molar-refractivity contribution is 6.32. The minimum Gasteiger partial charge on any atom is -0.454 e. The minimum atomic E-state index is -4.74. The van der Waals surface area contributed by atoms with E-state index in [1.165, 1.54) is 0 Å². The SMILES string of the molecule is OC(c1cc(Cl)c2c(c1)OCO2)C(F)(F)F. The molecule has 16 heavy (non-hydrogen) atoms. The van der Waals surface area contributed by atoms with Gasteiger partial charge in [0.2, 0.25) is 6.79 Å². The molecule has 1 N–H and O–H groups in total. The highest BCUT2D eigenvalue weighted by Gasteiger charge is 2.40. The Morgan fingerprint density at radius 3 is 2.62 bits per heavy atom. The first kappa shape index (κ1) is 11.3. The van der Waals surface area contributed by atoms with E-state index in [2.05, 4.69) is 0 Å². The molecule has 0 radical (unpaired) electrons. The normalized spacial score (nSPS) is 16.3. The molecule has 0 fully saturated rings. The van der Waals surface area contributed by atoms with Gasteiger partial charge in [0.25, 0.3) is 0 Å². The highest BCUT2D eigenvalue weighted by Crippen LogP contribution is 2.43. The molecular formula is C9H6ClF3O3. The molecule has 1 aromatic carbocycles. The number of hydrogen-bond donors (Lipinski definition) is 1. The predicted octanol–water partition coefficient (Wildman–Crippen LogP) is 2.66. The number of benzene rings is 1. The fourth-order valence-corrected chi connectivity index (χ4v) is 1.61. The summed E-state index contributed by atoms with van der Waals surface area (Å²) in [7, 11) is 0. The molecule has 0 saturated heterocycles. The van der Waals surface area contributed by atoms with Gasteiger partial charge in [-0.25, -0.2) is 0 Å². The van der Waals surface area contributed by atoms with Crippen LogP contribution < -0.4 is 9.47 Å². The van der Waals surface area contributed by atoms with Crippen molar-refractivity contribution in [2.75, 3.05) is 6.79 Å². The molecule has 2 rings (SSSR count). The molecule has 0 bridgehead atoms. The van der Waals surface area contributed by atoms with Crippen molar-refractivity contribution in [1.29, 1.82) is 0 Å². The number of ether oxygens (including phenoxy) is 2. The van der Waals surface area contributed by atoms with Crippen molar-refractivity contribution < 1.29 is 27.8 Å². The van der Waals surface area contributed by atoms with Gasteiger partial charge in [-0.1, -0.05) is 11.6 Å². The molecule has 0 aromatic heterocycles. The Labute approximate surface area is 93.3 Å². The summed E-state index contributed by atoms with van der Waals surface area (Å²) in [5.41, 5.74) is -0.373. The Bertz CT molecular complexity index is 419. The van der Waals surface area contributed by atoms with Crippen LogP contribution in [0.25, 0.3) is 0 Å². The summed E-state index contributed by atoms with van der Waals surface area (Å²) < 4.78 is 46.6. The van der Waals surface area contributed by atoms with E-state index in [9.17, 15) is 13.2 Å². The minimum absolute atomic E-state index is 0.0201. The van der Waals surface area contributed by atoms with E-state index in [0.29, 0.717) is 0 Å². The number of rotatable bonds is 1. The average Bonchev–Trinajstić information content (AvgIpc) is 2.63. The molecule has 1 aliphatic heterocycles. The Hall–Kier alpha value is -1.14. The Balaban J connectivity index is 2.41. The third-order valence-electron chi connectivity index (χ3n) is 2.08. The van der Waals surface area contributed by atoms with Crippen LogP contribution in [0.3, 0.4) is 0 Å². The first-order valence-electron chi connectivity index (χ1n) is 4.23. The zero-order valence-corrected chi connectivity index (χ0v) is 8.47. The van der Waals surface area contributed by atoms with Crippen molar-refractivity contribution in [1.82, 2.24) is 0 Å². The van der Waals surface area contributed by atoms with Crippen LogP contribution in [0.1, 0.15) is 11.7 Å². The molecule has 0 aliphatic carbocycles. The lowest BCUT2D eigenvalue weighted by Crippen LogP contribution is -2.20. The molecule has 1 unspecified atom stereocenters. The summed E-state index contributed by atoms with van der Waals surface area (Å²) in [5, 5.41) is 9.01. The smallest absolute Gasteiger partial charge is 0.418 e. The zero-order chi connectivity index (χ0) is 11.9. The van der Waals surface area contributed by atoms with Gasteiger partial charge in [0.15, 0.2) is 17.6 Å². The van der Waals surface area contributed by atoms with Crippen molar-refractivity contribution in [2.24, 2.45) is 0 Å². The van der Waals surface area contributed by atoms with Crippen LogP contribution in [0.5, 0.6) is 11.5 Å². The fraction of sp³-hybridized carbons (Fsp3) is 0.333. The molecular weight excluding hydrogens is 249 g/mol. The Kier molecular flexibility index (Phi) is 2.63. The molecule has 1 heterocycles. The van der Waals surface area contributed by atoms with Crippen molar-refractivity contribution in [3.8, 4) is 11.5 Å². The molecule has 0 amide bonds. The quantitative estimate of drug-likeness (QED) is 0.837. The van der Waals surface area contributed by atoms with Crippen LogP contribution in [-0.4, -0.2) is 18.1 Å². The third kappa shape index (κ3) is 1.90. The highest BCUT2D eigenvalue weighted by atomic mass is 35.5. The number of aliphatic hydroxyl groups excluding tert-OH is 1. The summed E-state index contributed by atoms with van der Waals surface area (Å²) >= 11 is 5.69. The molecule has 3 nitrogen and oxygen atoms in total. The molecule has 88 valence electrons. The van der Waals surface area contributed by atoms with E-state index in [0.717, 1.165) is 12.1 Å². The Morgan fingerprint density at radius 2 is 2.00 bits per heavy atom. The second-order valence-corrected chi connectivity index (χ2v) is 3.59. The van der Waals surface area contributed by atoms with Gasteiger partial charge in [0.1, 0.15) is 0 Å². The molecule has 1 aromatic rings. The maximum absolute atomic E-state index is 12.3. The van der Waals surface area contributed by atoms with Gasteiger partial charge in [-0.2, -0.15) is 13.2 Å². The van der Waals surface area contributed by atoms with Crippen LogP contribution in [0.2, 0.25) is 5.02 Å². The van der Waals surface area contributed by atoms with Gasteiger partial charge in [0.05, 0.1) is 5.02 Å². The van der Waals surface area contributed by atoms with Crippen LogP contribution in [0.4, 0.5) is 13.2 Å². The first-order valence-corrected chi connectivity index (χ1v) is 4.61. The maximum atomic E-state index is 12.3. The number of alkyl halides is 3. The summed E-state index contributed by atoms with van der Waals surface area (Å²) in [4.78, 5) is 0. The third-order valence-corrected chi connectivity index (χ3v) is 2.36. The van der Waals surface area contributed by atoms with Gasteiger partial charge >= 0.3 is 6.18 Å². The summed E-state index contributed by atoms with van der Waals surface area (Å²) in [6.45, 7) is -0.0966. The van der Waals surface area contributed by atoms with Crippen molar-refractivity contribution >= 4 is 11.6 Å². The summed E-state index contributed by atoms with van der Waals surface area (Å²) in [6.07, 6.45) is -7.32. The average molecular weight is 255 g/mol. The zero-order valence-electron chi connectivity index (χ0n) is 7.71. The Morgan fingerprint density at radius 1 is 1.31 bits per heavy atom. The maximum Gasteiger partial charge on any atom is 0.418 e. The van der Waals surface area contributed by atoms with E-state index in [1.807, 2.05) is 0 Å². The van der Waals surface area contributed by atoms with Crippen LogP contribution in [0.15, 0.2) is 12.1 Å². The standard InChI is InChI=1S/C9H6ClF3O3/c10-5-1-4(8(14)9(11,12)13)2-6-7(5)16-3-15-6/h1-2,8,14H,3H2. The number of fused-ring (bicyclic) bond motifs is 1. The monoisotopic (exact) mass is 254 g/mol. The van der Waals surface area contributed by atoms with E-state index in [-0.39, 0.29) is 28.9 Å². The first-order chi connectivity index (χ1) is 7.39. The second kappa shape index (κ2) is 3.71. The molecule has 0 spiro atoms. The summed E-state index contributed by atoms with van der Waals surface area (Å²) in [6, 6.07) is 2.07. The predicted molar refractivity (Wildman–Crippen MR) is 48.6 cm³/mol. The van der Waals surface area contributed by atoms with E-state index in [4.69, 9.17) is 26.2 Å². The van der Waals surface area contributed by atoms with E-state index in [1.54, 1.807) is 0 Å². The second-order valence-electron chi connectivity index (χ2n) is 3.18. The van der Waals surface area contributed by atoms with E-state index >= 15 is 0 Å². The molecule has 1 atom stereocenters. The molecule has 7 heteroatoms. The largest absolute Gasteiger partial charge is 0.454 e. The van der Waals surface area contributed by atoms with Crippen molar-refractivity contribution in [3.63, 3.8) is 0 Å². The van der Waals surface area contributed by atoms with Gasteiger partial charge in [-0.05, 0) is 17.7 Å². The molecule has 1 aliphatic rings. The lowest BCUT2D eigenvalue weighted by Gasteiger charge is -2.15. The van der Waals surface area contributed by atoms with Gasteiger partial charge in [-0.15, -0.1) is 0 Å². The summed E-state index contributed by atoms with van der Waals surface area (Å²) in [5.74, 6) is 0.297. The topological polar surface area (TPSA) is 38.7 Å². The van der Waals surface area contributed by atoms with Gasteiger partial charge in [0, 0.05) is 0 Å². The van der Waals surface area contributed by atoms with Crippen LogP contribution in [-0.2, 0) is 0 Å². The van der Waals surface area contributed by atoms with E-state index < -0.39 is 12.3 Å². The number of halogens is 4. The van der Waals surface area contributed by atoms with Gasteiger partial charge in [-0.3, -0.25) is 0 Å². The molecule has 0 saturated carbocycles. The lowest BCUT2D eigenvalue weighted by atomic mass is 10.1. The van der Waals surface area contributed by atoms with Crippen molar-refractivity contribution in [2.45, 2.75) is 12.3 Å². The van der Waals surface area contributed by atoms with Crippen LogP contribution >= 0.6 is 11.6 Å². The van der Waals surface area contributed by atoms with Crippen molar-refractivity contribution in [3.05, 3.63) is 22.7 Å². The number of hydrogen-bond acceptors (Lipinski definition) is 3. The van der Waals surface area contributed by atoms with Crippen LogP contribution in [0, 0.1) is 0 Å². The number of aliphatic hydroxyl groups is 1. The van der Waals surface area contributed by atoms with Gasteiger partial charge < -0.3 is 14.6 Å².